The van der Waals surface area contributed by atoms with Crippen molar-refractivity contribution in [2.24, 2.45) is 0 Å². The van der Waals surface area contributed by atoms with E-state index in [1.54, 1.807) is 20.8 Å². The Labute approximate surface area is 217 Å². The van der Waals surface area contributed by atoms with Crippen LogP contribution in [0.15, 0.2) is 102 Å². The lowest BCUT2D eigenvalue weighted by atomic mass is 9.84. The lowest BCUT2D eigenvalue weighted by Crippen LogP contribution is -2.32. The summed E-state index contributed by atoms with van der Waals surface area (Å²) in [6.45, 7) is 6.83. The van der Waals surface area contributed by atoms with E-state index < -0.39 is 29.0 Å². The van der Waals surface area contributed by atoms with Crippen LogP contribution in [0.4, 0.5) is 4.79 Å². The van der Waals surface area contributed by atoms with Crippen LogP contribution in [0.1, 0.15) is 50.8 Å². The molecule has 6 heteroatoms. The van der Waals surface area contributed by atoms with Crippen LogP contribution in [-0.4, -0.2) is 24.3 Å². The van der Waals surface area contributed by atoms with Gasteiger partial charge in [-0.1, -0.05) is 116 Å². The first kappa shape index (κ1) is 27.1. The van der Waals surface area contributed by atoms with Crippen molar-refractivity contribution in [3.63, 3.8) is 0 Å². The highest BCUT2D eigenvalue weighted by Crippen LogP contribution is 2.50. The number of alkyl carbamates (subject to hydrolysis) is 1. The summed E-state index contributed by atoms with van der Waals surface area (Å²) in [6, 6.07) is 30.6. The quantitative estimate of drug-likeness (QED) is 0.251. The molecule has 0 spiro atoms. The molecule has 0 aliphatic carbocycles. The second kappa shape index (κ2) is 12.5. The van der Waals surface area contributed by atoms with Crippen molar-refractivity contribution >= 4 is 23.8 Å². The van der Waals surface area contributed by atoms with E-state index in [1.165, 1.54) is 11.8 Å². The summed E-state index contributed by atoms with van der Waals surface area (Å²) < 4.78 is 9.76. The molecule has 0 atom stereocenters. The molecule has 3 rings (SSSR count). The number of amides is 1. The fourth-order valence-electron chi connectivity index (χ4n) is 3.80. The van der Waals surface area contributed by atoms with Gasteiger partial charge >= 0.3 is 12.1 Å². The van der Waals surface area contributed by atoms with Gasteiger partial charge in [-0.05, 0) is 43.9 Å². The average molecular weight is 504 g/mol. The number of hydrogen-bond donors (Lipinski definition) is 1. The number of rotatable bonds is 9. The van der Waals surface area contributed by atoms with E-state index >= 15 is 0 Å². The first-order valence-corrected chi connectivity index (χ1v) is 12.8. The van der Waals surface area contributed by atoms with E-state index in [2.05, 4.69) is 41.7 Å². The highest BCUT2D eigenvalue weighted by molar-refractivity contribution is 8.04. The number of nitrogens with one attached hydrogen (secondary N) is 1. The van der Waals surface area contributed by atoms with Gasteiger partial charge in [0.05, 0.1) is 9.78 Å². The molecule has 0 bridgehead atoms. The molecule has 0 fully saturated rings. The van der Waals surface area contributed by atoms with Crippen molar-refractivity contribution < 1.29 is 19.1 Å². The average Bonchev–Trinajstić information content (AvgIpc) is 2.87. The third-order valence-electron chi connectivity index (χ3n) is 5.16. The third-order valence-corrected chi connectivity index (χ3v) is 6.66. The van der Waals surface area contributed by atoms with Crippen LogP contribution in [0.3, 0.4) is 0 Å². The standard InChI is InChI=1S/C30H33NO4S/c1-5-15-26(31-28(33)34-22-27(32)35-29(2,3)4)36-30(23-16-9-6-10-17-23,24-18-11-7-12-19-24)25-20-13-8-14-21-25/h6-21H,5,22H2,1-4H3,(H,31,33)/b26-15-. The summed E-state index contributed by atoms with van der Waals surface area (Å²) in [4.78, 5) is 24.7. The lowest BCUT2D eigenvalue weighted by Gasteiger charge is -2.36. The highest BCUT2D eigenvalue weighted by atomic mass is 32.2. The largest absolute Gasteiger partial charge is 0.457 e. The van der Waals surface area contributed by atoms with Crippen LogP contribution in [0.2, 0.25) is 0 Å². The number of allylic oxidation sites excluding steroid dienone is 1. The molecule has 0 aliphatic heterocycles. The van der Waals surface area contributed by atoms with Crippen molar-refractivity contribution in [1.29, 1.82) is 0 Å². The fraction of sp³-hybridized carbons (Fsp3) is 0.267. The van der Waals surface area contributed by atoms with Crippen LogP contribution in [0.25, 0.3) is 0 Å². The number of carbonyl (C=O) groups is 2. The molecule has 0 aliphatic rings. The van der Waals surface area contributed by atoms with E-state index in [4.69, 9.17) is 9.47 Å². The first-order chi connectivity index (χ1) is 17.2. The molecule has 0 radical (unpaired) electrons. The van der Waals surface area contributed by atoms with Crippen LogP contribution in [0.5, 0.6) is 0 Å². The molecule has 1 amide bonds. The first-order valence-electron chi connectivity index (χ1n) is 12.0. The van der Waals surface area contributed by atoms with Crippen LogP contribution < -0.4 is 5.32 Å². The number of carbonyl (C=O) groups excluding carboxylic acids is 2. The lowest BCUT2D eigenvalue weighted by molar-refractivity contribution is -0.158. The van der Waals surface area contributed by atoms with Gasteiger partial charge < -0.3 is 9.47 Å². The van der Waals surface area contributed by atoms with Crippen LogP contribution in [0, 0.1) is 0 Å². The number of hydrogen-bond acceptors (Lipinski definition) is 5. The Morgan fingerprint density at radius 3 is 1.64 bits per heavy atom. The van der Waals surface area contributed by atoms with E-state index in [-0.39, 0.29) is 0 Å². The summed E-state index contributed by atoms with van der Waals surface area (Å²) in [5.41, 5.74) is 2.55. The van der Waals surface area contributed by atoms with Gasteiger partial charge in [0.1, 0.15) is 5.60 Å². The van der Waals surface area contributed by atoms with Crippen molar-refractivity contribution in [2.75, 3.05) is 6.61 Å². The molecule has 0 unspecified atom stereocenters. The maximum atomic E-state index is 12.7. The number of thioether (sulfide) groups is 1. The van der Waals surface area contributed by atoms with Gasteiger partial charge in [-0.3, -0.25) is 5.32 Å². The van der Waals surface area contributed by atoms with Gasteiger partial charge in [-0.2, -0.15) is 0 Å². The smallest absolute Gasteiger partial charge is 0.412 e. The Balaban J connectivity index is 1.96. The summed E-state index contributed by atoms with van der Waals surface area (Å²) in [6.07, 6.45) is 1.93. The monoisotopic (exact) mass is 503 g/mol. The van der Waals surface area contributed by atoms with Gasteiger partial charge in [0.15, 0.2) is 6.61 Å². The molecule has 3 aromatic carbocycles. The Morgan fingerprint density at radius 1 is 0.806 bits per heavy atom. The van der Waals surface area contributed by atoms with E-state index in [0.29, 0.717) is 11.4 Å². The van der Waals surface area contributed by atoms with Crippen LogP contribution in [-0.2, 0) is 19.0 Å². The van der Waals surface area contributed by atoms with E-state index in [0.717, 1.165) is 16.7 Å². The van der Waals surface area contributed by atoms with Gasteiger partial charge in [0.25, 0.3) is 0 Å². The third kappa shape index (κ3) is 7.25. The predicted molar refractivity (Wildman–Crippen MR) is 146 cm³/mol. The molecular formula is C30H33NO4S. The van der Waals surface area contributed by atoms with Gasteiger partial charge in [-0.25, -0.2) is 9.59 Å². The molecule has 0 aromatic heterocycles. The Bertz CT molecular complexity index is 1060. The van der Waals surface area contributed by atoms with Crippen molar-refractivity contribution in [3.8, 4) is 0 Å². The van der Waals surface area contributed by atoms with Gasteiger partial charge in [0, 0.05) is 0 Å². The number of esters is 1. The summed E-state index contributed by atoms with van der Waals surface area (Å²) >= 11 is 1.53. The van der Waals surface area contributed by atoms with Crippen molar-refractivity contribution in [2.45, 2.75) is 44.5 Å². The maximum absolute atomic E-state index is 12.7. The summed E-state index contributed by atoms with van der Waals surface area (Å²) in [7, 11) is 0. The molecule has 1 N–H and O–H groups in total. The molecule has 3 aromatic rings. The molecule has 36 heavy (non-hydrogen) atoms. The van der Waals surface area contributed by atoms with Gasteiger partial charge in [-0.15, -0.1) is 0 Å². The molecular weight excluding hydrogens is 470 g/mol. The zero-order chi connectivity index (χ0) is 26.0. The molecule has 0 saturated heterocycles. The normalized spacial score (nSPS) is 12.1. The Kier molecular flexibility index (Phi) is 9.37. The second-order valence-electron chi connectivity index (χ2n) is 9.15. The predicted octanol–water partition coefficient (Wildman–Crippen LogP) is 7.03. The van der Waals surface area contributed by atoms with Crippen molar-refractivity contribution in [1.82, 2.24) is 5.32 Å². The zero-order valence-corrected chi connectivity index (χ0v) is 22.0. The molecule has 5 nitrogen and oxygen atoms in total. The molecule has 188 valence electrons. The minimum atomic E-state index is -0.712. The van der Waals surface area contributed by atoms with Crippen molar-refractivity contribution in [3.05, 3.63) is 119 Å². The Hall–Kier alpha value is -3.51. The van der Waals surface area contributed by atoms with E-state index in [1.807, 2.05) is 67.6 Å². The van der Waals surface area contributed by atoms with Crippen LogP contribution >= 0.6 is 11.8 Å². The summed E-state index contributed by atoms with van der Waals surface area (Å²) in [5.74, 6) is -0.599. The maximum Gasteiger partial charge on any atom is 0.412 e. The minimum Gasteiger partial charge on any atom is -0.457 e. The Morgan fingerprint density at radius 2 is 1.25 bits per heavy atom. The summed E-state index contributed by atoms with van der Waals surface area (Å²) in [5, 5.41) is 3.48. The highest BCUT2D eigenvalue weighted by Gasteiger charge is 2.38. The molecule has 0 saturated carbocycles. The fourth-order valence-corrected chi connectivity index (χ4v) is 5.27. The zero-order valence-electron chi connectivity index (χ0n) is 21.2. The van der Waals surface area contributed by atoms with E-state index in [9.17, 15) is 9.59 Å². The molecule has 0 heterocycles. The topological polar surface area (TPSA) is 64.6 Å². The van der Waals surface area contributed by atoms with Gasteiger partial charge in [0.2, 0.25) is 0 Å². The second-order valence-corrected chi connectivity index (χ2v) is 10.4. The SMILES string of the molecule is CC/C=C(/NC(=O)OCC(=O)OC(C)(C)C)SC(c1ccccc1)(c1ccccc1)c1ccccc1. The number of benzene rings is 3. The minimum absolute atomic E-state index is 0.464. The number of ether oxygens (including phenoxy) is 2.